The molecule has 0 spiro atoms. The third-order valence-corrected chi connectivity index (χ3v) is 7.44. The van der Waals surface area contributed by atoms with E-state index >= 15 is 0 Å². The van der Waals surface area contributed by atoms with E-state index in [9.17, 15) is 4.79 Å². The number of rotatable bonds is 7. The highest BCUT2D eigenvalue weighted by Gasteiger charge is 2.33. The summed E-state index contributed by atoms with van der Waals surface area (Å²) < 4.78 is 6.14. The van der Waals surface area contributed by atoms with Crippen molar-refractivity contribution in [2.75, 3.05) is 13.1 Å². The van der Waals surface area contributed by atoms with Crippen LogP contribution in [0.25, 0.3) is 22.2 Å². The molecule has 184 valence electrons. The topological polar surface area (TPSA) is 79.0 Å². The third-order valence-electron chi connectivity index (χ3n) is 7.15. The quantitative estimate of drug-likeness (QED) is 0.295. The number of benzene rings is 3. The molecule has 1 saturated heterocycles. The van der Waals surface area contributed by atoms with Gasteiger partial charge in [-0.25, -0.2) is 0 Å². The van der Waals surface area contributed by atoms with E-state index in [0.717, 1.165) is 66.5 Å². The molecule has 36 heavy (non-hydrogen) atoms. The van der Waals surface area contributed by atoms with Gasteiger partial charge in [-0.2, -0.15) is 5.10 Å². The second kappa shape index (κ2) is 9.96. The molecule has 3 N–H and O–H groups in total. The minimum atomic E-state index is -0.0754. The number of aromatic amines is 1. The van der Waals surface area contributed by atoms with Crippen molar-refractivity contribution in [1.82, 2.24) is 20.8 Å². The van der Waals surface area contributed by atoms with Gasteiger partial charge in [0.05, 0.1) is 22.3 Å². The van der Waals surface area contributed by atoms with Crippen molar-refractivity contribution in [3.05, 3.63) is 82.9 Å². The number of nitrogens with zero attached hydrogens (tertiary/aromatic N) is 1. The lowest BCUT2D eigenvalue weighted by Gasteiger charge is -2.24. The van der Waals surface area contributed by atoms with Crippen molar-refractivity contribution >= 4 is 28.4 Å². The molecule has 1 aliphatic carbocycles. The Morgan fingerprint density at radius 2 is 1.81 bits per heavy atom. The van der Waals surface area contributed by atoms with Gasteiger partial charge in [0.15, 0.2) is 0 Å². The summed E-state index contributed by atoms with van der Waals surface area (Å²) in [5.74, 6) is 1.12. The average molecular weight is 501 g/mol. The van der Waals surface area contributed by atoms with Crippen molar-refractivity contribution in [3.63, 3.8) is 0 Å². The van der Waals surface area contributed by atoms with Crippen LogP contribution in [0.5, 0.6) is 5.75 Å². The number of halogens is 1. The Balaban J connectivity index is 1.24. The Morgan fingerprint density at radius 1 is 1.00 bits per heavy atom. The van der Waals surface area contributed by atoms with Crippen molar-refractivity contribution < 1.29 is 9.53 Å². The van der Waals surface area contributed by atoms with Crippen LogP contribution in [0, 0.1) is 5.92 Å². The van der Waals surface area contributed by atoms with Crippen molar-refractivity contribution in [3.8, 4) is 17.0 Å². The zero-order chi connectivity index (χ0) is 24.5. The Morgan fingerprint density at radius 3 is 2.56 bits per heavy atom. The standard InChI is InChI=1S/C29H29ClN4O2/c30-24-17-20(9-11-26(24)36-22-12-14-31-15-13-22)28-23-16-21(8-10-25(23)33-34-28)29(35)32-27(19-6-7-19)18-4-2-1-3-5-18/h1-5,8-11,16-17,19,22,27,31H,6-7,12-15H2,(H,32,35)(H,33,34). The van der Waals surface area contributed by atoms with Crippen LogP contribution >= 0.6 is 11.6 Å². The highest BCUT2D eigenvalue weighted by molar-refractivity contribution is 6.32. The number of nitrogens with one attached hydrogen (secondary N) is 3. The van der Waals surface area contributed by atoms with Crippen LogP contribution in [0.2, 0.25) is 5.02 Å². The molecule has 0 bridgehead atoms. The fourth-order valence-electron chi connectivity index (χ4n) is 5.00. The van der Waals surface area contributed by atoms with Gasteiger partial charge in [0.2, 0.25) is 0 Å². The van der Waals surface area contributed by atoms with E-state index in [0.29, 0.717) is 22.3 Å². The molecule has 1 aliphatic heterocycles. The Hall–Kier alpha value is -3.35. The molecule has 2 aliphatic rings. The van der Waals surface area contributed by atoms with Crippen LogP contribution in [0.15, 0.2) is 66.7 Å². The number of piperidine rings is 1. The van der Waals surface area contributed by atoms with Gasteiger partial charge >= 0.3 is 0 Å². The van der Waals surface area contributed by atoms with Gasteiger partial charge in [0, 0.05) is 16.5 Å². The predicted molar refractivity (Wildman–Crippen MR) is 142 cm³/mol. The van der Waals surface area contributed by atoms with Crippen LogP contribution < -0.4 is 15.4 Å². The molecular weight excluding hydrogens is 472 g/mol. The minimum Gasteiger partial charge on any atom is -0.489 e. The maximum absolute atomic E-state index is 13.3. The summed E-state index contributed by atoms with van der Waals surface area (Å²) in [6.45, 7) is 1.92. The first kappa shape index (κ1) is 23.1. The predicted octanol–water partition coefficient (Wildman–Crippen LogP) is 5.90. The maximum atomic E-state index is 13.3. The normalized spacial score (nSPS) is 17.1. The first-order valence-corrected chi connectivity index (χ1v) is 13.0. The van der Waals surface area contributed by atoms with E-state index in [1.165, 1.54) is 0 Å². The highest BCUT2D eigenvalue weighted by Crippen LogP contribution is 2.41. The van der Waals surface area contributed by atoms with Gasteiger partial charge in [-0.15, -0.1) is 0 Å². The van der Waals surface area contributed by atoms with Crippen LogP contribution in [0.4, 0.5) is 0 Å². The molecule has 0 radical (unpaired) electrons. The molecule has 6 rings (SSSR count). The van der Waals surface area contributed by atoms with Gasteiger partial charge < -0.3 is 15.4 Å². The number of carbonyl (C=O) groups excluding carboxylic acids is 1. The van der Waals surface area contributed by atoms with E-state index in [4.69, 9.17) is 16.3 Å². The maximum Gasteiger partial charge on any atom is 0.251 e. The summed E-state index contributed by atoms with van der Waals surface area (Å²) in [5, 5.41) is 15.7. The number of carbonyl (C=O) groups is 1. The second-order valence-corrected chi connectivity index (χ2v) is 10.2. The summed E-state index contributed by atoms with van der Waals surface area (Å²) in [4.78, 5) is 13.3. The zero-order valence-electron chi connectivity index (χ0n) is 20.0. The fraction of sp³-hybridized carbons (Fsp3) is 0.310. The van der Waals surface area contributed by atoms with Gasteiger partial charge in [0.25, 0.3) is 5.91 Å². The number of fused-ring (bicyclic) bond motifs is 1. The Bertz CT molecular complexity index is 1380. The fourth-order valence-corrected chi connectivity index (χ4v) is 5.22. The number of H-pyrrole nitrogens is 1. The summed E-state index contributed by atoms with van der Waals surface area (Å²) in [5.41, 5.74) is 4.27. The highest BCUT2D eigenvalue weighted by atomic mass is 35.5. The lowest BCUT2D eigenvalue weighted by Crippen LogP contribution is -2.34. The number of hydrogen-bond acceptors (Lipinski definition) is 4. The monoisotopic (exact) mass is 500 g/mol. The molecule has 2 heterocycles. The molecule has 1 unspecified atom stereocenters. The molecule has 4 aromatic rings. The Kier molecular flexibility index (Phi) is 6.38. The van der Waals surface area contributed by atoms with Crippen molar-refractivity contribution in [2.45, 2.75) is 37.8 Å². The van der Waals surface area contributed by atoms with E-state index in [1.54, 1.807) is 0 Å². The molecule has 7 heteroatoms. The molecule has 2 fully saturated rings. The van der Waals surface area contributed by atoms with Gasteiger partial charge in [0.1, 0.15) is 11.9 Å². The Labute approximate surface area is 215 Å². The molecular formula is C29H29ClN4O2. The largest absolute Gasteiger partial charge is 0.489 e. The van der Waals surface area contributed by atoms with Crippen molar-refractivity contribution in [1.29, 1.82) is 0 Å². The zero-order valence-corrected chi connectivity index (χ0v) is 20.7. The van der Waals surface area contributed by atoms with Crippen molar-refractivity contribution in [2.24, 2.45) is 5.92 Å². The van der Waals surface area contributed by atoms with E-state index in [1.807, 2.05) is 54.6 Å². The number of amides is 1. The summed E-state index contributed by atoms with van der Waals surface area (Å²) in [6, 6.07) is 21.7. The molecule has 3 aromatic carbocycles. The van der Waals surface area contributed by atoms with Crippen LogP contribution in [-0.2, 0) is 0 Å². The molecule has 1 amide bonds. The molecule has 1 atom stereocenters. The van der Waals surface area contributed by atoms with Crippen LogP contribution in [-0.4, -0.2) is 35.3 Å². The lowest BCUT2D eigenvalue weighted by molar-refractivity contribution is 0.0932. The molecule has 6 nitrogen and oxygen atoms in total. The SMILES string of the molecule is O=C(NC(c1ccccc1)C1CC1)c1ccc2[nH]nc(-c3ccc(OC4CCNCC4)c(Cl)c3)c2c1. The van der Waals surface area contributed by atoms with Gasteiger partial charge in [-0.1, -0.05) is 41.9 Å². The molecule has 1 saturated carbocycles. The second-order valence-electron chi connectivity index (χ2n) is 9.74. The van der Waals surface area contributed by atoms with Crippen LogP contribution in [0.3, 0.4) is 0 Å². The van der Waals surface area contributed by atoms with Crippen LogP contribution in [0.1, 0.15) is 47.6 Å². The van der Waals surface area contributed by atoms with Gasteiger partial charge in [-0.05, 0) is 86.7 Å². The number of aromatic nitrogens is 2. The van der Waals surface area contributed by atoms with E-state index < -0.39 is 0 Å². The van der Waals surface area contributed by atoms with Gasteiger partial charge in [-0.3, -0.25) is 9.89 Å². The first-order valence-electron chi connectivity index (χ1n) is 12.7. The first-order chi connectivity index (χ1) is 17.7. The lowest BCUT2D eigenvalue weighted by atomic mass is 10.0. The minimum absolute atomic E-state index is 0.0320. The summed E-state index contributed by atoms with van der Waals surface area (Å²) >= 11 is 6.61. The average Bonchev–Trinajstić information content (AvgIpc) is 3.67. The van der Waals surface area contributed by atoms with E-state index in [-0.39, 0.29) is 18.1 Å². The number of hydrogen-bond donors (Lipinski definition) is 3. The van der Waals surface area contributed by atoms with E-state index in [2.05, 4.69) is 33.0 Å². The summed E-state index contributed by atoms with van der Waals surface area (Å²) in [6.07, 6.45) is 4.40. The smallest absolute Gasteiger partial charge is 0.251 e. The third kappa shape index (κ3) is 4.84. The summed E-state index contributed by atoms with van der Waals surface area (Å²) in [7, 11) is 0. The molecule has 1 aromatic heterocycles. The number of ether oxygens (including phenoxy) is 1.